The molecule has 0 unspecified atom stereocenters. The van der Waals surface area contributed by atoms with Gasteiger partial charge < -0.3 is 5.73 Å². The zero-order valence-electron chi connectivity index (χ0n) is 6.05. The molecule has 0 aromatic heterocycles. The Bertz CT molecular complexity index is 116. The molecular weight excluding hydrogens is 128 g/mol. The average Bonchev–Trinajstić information content (AvgIpc) is 2.36. The number of rotatable bonds is 3. The summed E-state index contributed by atoms with van der Waals surface area (Å²) in [5.74, 6) is 0. The third-order valence-electron chi connectivity index (χ3n) is 1.92. The highest BCUT2D eigenvalue weighted by molar-refractivity contribution is 5.58. The zero-order chi connectivity index (χ0) is 7.40. The summed E-state index contributed by atoms with van der Waals surface area (Å²) in [6, 6.07) is 0.0311. The van der Waals surface area contributed by atoms with Gasteiger partial charge in [-0.2, -0.15) is 0 Å². The van der Waals surface area contributed by atoms with Gasteiger partial charge in [-0.15, -0.1) is 0 Å². The van der Waals surface area contributed by atoms with Crippen molar-refractivity contribution in [1.29, 1.82) is 0 Å². The molecule has 0 aliphatic carbocycles. The van der Waals surface area contributed by atoms with Gasteiger partial charge in [0.15, 0.2) is 0 Å². The Morgan fingerprint density at radius 2 is 2.50 bits per heavy atom. The molecule has 1 atom stereocenters. The predicted octanol–water partition coefficient (Wildman–Crippen LogP) is -0.481. The van der Waals surface area contributed by atoms with Gasteiger partial charge in [-0.1, -0.05) is 0 Å². The number of hydrogen-bond acceptors (Lipinski definition) is 3. The molecule has 1 saturated heterocycles. The third-order valence-corrected chi connectivity index (χ3v) is 1.92. The highest BCUT2D eigenvalue weighted by Crippen LogP contribution is 2.13. The molecular formula is C7H13N2O. The van der Waals surface area contributed by atoms with Crippen LogP contribution in [0.1, 0.15) is 12.8 Å². The lowest BCUT2D eigenvalue weighted by Crippen LogP contribution is -2.34. The van der Waals surface area contributed by atoms with E-state index < -0.39 is 0 Å². The summed E-state index contributed by atoms with van der Waals surface area (Å²) in [4.78, 5) is 12.4. The molecule has 3 heteroatoms. The monoisotopic (exact) mass is 141 g/mol. The van der Waals surface area contributed by atoms with E-state index in [2.05, 4.69) is 4.90 Å². The zero-order valence-corrected chi connectivity index (χ0v) is 6.05. The summed E-state index contributed by atoms with van der Waals surface area (Å²) < 4.78 is 0. The molecule has 0 bridgehead atoms. The van der Waals surface area contributed by atoms with Crippen molar-refractivity contribution in [2.75, 3.05) is 19.6 Å². The van der Waals surface area contributed by atoms with E-state index in [1.807, 2.05) is 6.29 Å². The number of nitrogens with zero attached hydrogens (tertiary/aromatic N) is 1. The third kappa shape index (κ3) is 1.55. The Balaban J connectivity index is 2.34. The van der Waals surface area contributed by atoms with E-state index in [0.29, 0.717) is 6.54 Å². The lowest BCUT2D eigenvalue weighted by molar-refractivity contribution is 0.304. The molecule has 57 valence electrons. The van der Waals surface area contributed by atoms with E-state index in [1.54, 1.807) is 0 Å². The largest absolute Gasteiger partial charge is 0.329 e. The van der Waals surface area contributed by atoms with Crippen molar-refractivity contribution < 1.29 is 4.79 Å². The predicted molar refractivity (Wildman–Crippen MR) is 39.3 cm³/mol. The van der Waals surface area contributed by atoms with E-state index in [9.17, 15) is 4.79 Å². The Labute approximate surface area is 61.2 Å². The standard InChI is InChI=1S/C7H13N2O/c8-3-5-9-4-1-2-7(9)6-10/h7H,1-5,8H2/t7-/m0/s1. The Morgan fingerprint density at radius 3 is 3.10 bits per heavy atom. The van der Waals surface area contributed by atoms with Crippen LogP contribution in [-0.4, -0.2) is 36.9 Å². The fraction of sp³-hybridized carbons (Fsp3) is 0.857. The summed E-state index contributed by atoms with van der Waals surface area (Å²) in [6.07, 6.45) is 4.09. The van der Waals surface area contributed by atoms with Gasteiger partial charge in [0, 0.05) is 13.1 Å². The van der Waals surface area contributed by atoms with Crippen LogP contribution in [0.25, 0.3) is 0 Å². The first-order chi connectivity index (χ1) is 4.88. The van der Waals surface area contributed by atoms with Gasteiger partial charge in [-0.25, -0.2) is 0 Å². The smallest absolute Gasteiger partial charge is 0.217 e. The van der Waals surface area contributed by atoms with Crippen molar-refractivity contribution in [2.24, 2.45) is 5.73 Å². The SMILES string of the molecule is NCCN1CCC[C@H]1[C]=O. The molecule has 1 fully saturated rings. The van der Waals surface area contributed by atoms with Crippen LogP contribution in [0.4, 0.5) is 0 Å². The fourth-order valence-electron chi connectivity index (χ4n) is 1.39. The minimum atomic E-state index is 0.0311. The Morgan fingerprint density at radius 1 is 1.70 bits per heavy atom. The highest BCUT2D eigenvalue weighted by atomic mass is 16.1. The first-order valence-corrected chi connectivity index (χ1v) is 3.70. The second-order valence-electron chi connectivity index (χ2n) is 2.60. The number of hydrogen-bond donors (Lipinski definition) is 1. The molecule has 1 rings (SSSR count). The second kappa shape index (κ2) is 3.68. The van der Waals surface area contributed by atoms with Gasteiger partial charge in [0.2, 0.25) is 6.29 Å². The summed E-state index contributed by atoms with van der Waals surface area (Å²) in [7, 11) is 0. The van der Waals surface area contributed by atoms with Gasteiger partial charge in [0.25, 0.3) is 0 Å². The minimum absolute atomic E-state index is 0.0311. The second-order valence-corrected chi connectivity index (χ2v) is 2.60. The molecule has 1 radical (unpaired) electrons. The molecule has 10 heavy (non-hydrogen) atoms. The lowest BCUT2D eigenvalue weighted by Gasteiger charge is -2.17. The molecule has 0 spiro atoms. The Hall–Kier alpha value is -0.410. The summed E-state index contributed by atoms with van der Waals surface area (Å²) >= 11 is 0. The van der Waals surface area contributed by atoms with Crippen LogP contribution in [0.2, 0.25) is 0 Å². The van der Waals surface area contributed by atoms with Gasteiger partial charge in [0.05, 0.1) is 6.04 Å². The van der Waals surface area contributed by atoms with Gasteiger partial charge in [-0.3, -0.25) is 9.69 Å². The van der Waals surface area contributed by atoms with E-state index >= 15 is 0 Å². The molecule has 3 nitrogen and oxygen atoms in total. The molecule has 2 N–H and O–H groups in total. The van der Waals surface area contributed by atoms with Crippen molar-refractivity contribution >= 4 is 6.29 Å². The number of nitrogens with two attached hydrogens (primary N) is 1. The van der Waals surface area contributed by atoms with Crippen LogP contribution < -0.4 is 5.73 Å². The van der Waals surface area contributed by atoms with Crippen molar-refractivity contribution in [3.63, 3.8) is 0 Å². The maximum Gasteiger partial charge on any atom is 0.217 e. The molecule has 1 heterocycles. The van der Waals surface area contributed by atoms with Crippen LogP contribution in [0.15, 0.2) is 0 Å². The molecule has 0 aromatic carbocycles. The maximum atomic E-state index is 10.3. The number of likely N-dealkylation sites (tertiary alicyclic amines) is 1. The van der Waals surface area contributed by atoms with E-state index in [-0.39, 0.29) is 6.04 Å². The highest BCUT2D eigenvalue weighted by Gasteiger charge is 2.23. The van der Waals surface area contributed by atoms with Crippen LogP contribution in [0.3, 0.4) is 0 Å². The molecule has 0 amide bonds. The maximum absolute atomic E-state index is 10.3. The van der Waals surface area contributed by atoms with Crippen molar-refractivity contribution in [3.05, 3.63) is 0 Å². The fourth-order valence-corrected chi connectivity index (χ4v) is 1.39. The van der Waals surface area contributed by atoms with Crippen LogP contribution in [-0.2, 0) is 4.79 Å². The molecule has 0 aromatic rings. The minimum Gasteiger partial charge on any atom is -0.329 e. The van der Waals surface area contributed by atoms with E-state index in [0.717, 1.165) is 25.9 Å². The first-order valence-electron chi connectivity index (χ1n) is 3.70. The van der Waals surface area contributed by atoms with Crippen molar-refractivity contribution in [1.82, 2.24) is 4.90 Å². The topological polar surface area (TPSA) is 46.3 Å². The molecule has 0 saturated carbocycles. The summed E-state index contributed by atoms with van der Waals surface area (Å²) in [6.45, 7) is 2.48. The average molecular weight is 141 g/mol. The van der Waals surface area contributed by atoms with Crippen molar-refractivity contribution in [3.8, 4) is 0 Å². The van der Waals surface area contributed by atoms with Gasteiger partial charge in [0.1, 0.15) is 0 Å². The van der Waals surface area contributed by atoms with Crippen molar-refractivity contribution in [2.45, 2.75) is 18.9 Å². The quantitative estimate of drug-likeness (QED) is 0.577. The van der Waals surface area contributed by atoms with E-state index in [4.69, 9.17) is 5.73 Å². The number of carbonyl (C=O) groups excluding carboxylic acids is 1. The van der Waals surface area contributed by atoms with Gasteiger partial charge in [-0.05, 0) is 19.4 Å². The normalized spacial score (nSPS) is 27.1. The Kier molecular flexibility index (Phi) is 2.83. The first kappa shape index (κ1) is 7.69. The summed E-state index contributed by atoms with van der Waals surface area (Å²) in [5.41, 5.74) is 5.35. The van der Waals surface area contributed by atoms with Crippen LogP contribution in [0, 0.1) is 0 Å². The van der Waals surface area contributed by atoms with E-state index in [1.165, 1.54) is 0 Å². The van der Waals surface area contributed by atoms with Crippen LogP contribution >= 0.6 is 0 Å². The molecule has 1 aliphatic heterocycles. The molecule has 1 aliphatic rings. The van der Waals surface area contributed by atoms with Crippen LogP contribution in [0.5, 0.6) is 0 Å². The summed E-state index contributed by atoms with van der Waals surface area (Å²) in [5, 5.41) is 0. The van der Waals surface area contributed by atoms with Gasteiger partial charge >= 0.3 is 0 Å². The lowest BCUT2D eigenvalue weighted by atomic mass is 10.2.